The van der Waals surface area contributed by atoms with Crippen LogP contribution in [0, 0.1) is 6.57 Å². The monoisotopic (exact) mass is 444 g/mol. The first-order valence-electron chi connectivity index (χ1n) is 9.94. The molecule has 8 heteroatoms. The number of nitrogens with one attached hydrogen (secondary N) is 1. The van der Waals surface area contributed by atoms with Gasteiger partial charge in [-0.25, -0.2) is 4.85 Å². The van der Waals surface area contributed by atoms with Crippen LogP contribution in [0.2, 0.25) is 5.02 Å². The highest BCUT2D eigenvalue weighted by atomic mass is 35.5. The maximum absolute atomic E-state index is 7.40. The van der Waals surface area contributed by atoms with E-state index in [2.05, 4.69) is 25.3 Å². The van der Waals surface area contributed by atoms with Gasteiger partial charge in [0.1, 0.15) is 5.75 Å². The van der Waals surface area contributed by atoms with Crippen LogP contribution in [0.5, 0.6) is 5.75 Å². The molecule has 0 fully saturated rings. The summed E-state index contributed by atoms with van der Waals surface area (Å²) in [4.78, 5) is 9.96. The Labute approximate surface area is 191 Å². The Kier molecular flexibility index (Phi) is 6.34. The molecule has 2 aromatic heterocycles. The molecule has 0 aliphatic rings. The van der Waals surface area contributed by atoms with Gasteiger partial charge in [-0.3, -0.25) is 4.98 Å². The molecule has 2 heterocycles. The van der Waals surface area contributed by atoms with Gasteiger partial charge in [-0.2, -0.15) is 0 Å². The van der Waals surface area contributed by atoms with Crippen LogP contribution in [0.4, 0.5) is 17.3 Å². The first-order chi connectivity index (χ1) is 15.6. The lowest BCUT2D eigenvalue weighted by atomic mass is 10.1. The normalized spacial score (nSPS) is 10.6. The molecule has 7 nitrogen and oxygen atoms in total. The Bertz CT molecular complexity index is 1290. The van der Waals surface area contributed by atoms with Crippen LogP contribution in [0.1, 0.15) is 11.3 Å². The Hall–Kier alpha value is -3.89. The van der Waals surface area contributed by atoms with Crippen LogP contribution in [0.15, 0.2) is 60.8 Å². The van der Waals surface area contributed by atoms with Crippen LogP contribution < -0.4 is 15.0 Å². The van der Waals surface area contributed by atoms with Gasteiger partial charge in [0.05, 0.1) is 30.9 Å². The summed E-state index contributed by atoms with van der Waals surface area (Å²) < 4.78 is 5.21. The second kappa shape index (κ2) is 9.50. The molecule has 0 saturated heterocycles. The predicted molar refractivity (Wildman–Crippen MR) is 127 cm³/mol. The van der Waals surface area contributed by atoms with Gasteiger partial charge in [-0.15, -0.1) is 10.2 Å². The molecule has 0 saturated carbocycles. The lowest BCUT2D eigenvalue weighted by Gasteiger charge is -2.20. The first kappa shape index (κ1) is 21.3. The number of aromatic nitrogens is 3. The van der Waals surface area contributed by atoms with E-state index < -0.39 is 0 Å². The van der Waals surface area contributed by atoms with Crippen LogP contribution in [-0.2, 0) is 13.1 Å². The Morgan fingerprint density at radius 3 is 2.69 bits per heavy atom. The first-order valence-corrected chi connectivity index (χ1v) is 10.3. The molecule has 0 aliphatic heterocycles. The van der Waals surface area contributed by atoms with Crippen molar-refractivity contribution in [1.29, 1.82) is 0 Å². The van der Waals surface area contributed by atoms with E-state index in [9.17, 15) is 0 Å². The molecule has 2 aromatic carbocycles. The quantitative estimate of drug-likeness (QED) is 0.380. The molecule has 0 spiro atoms. The lowest BCUT2D eigenvalue weighted by Crippen LogP contribution is -2.19. The Balaban J connectivity index is 1.65. The summed E-state index contributed by atoms with van der Waals surface area (Å²) in [7, 11) is 3.54. The molecule has 0 unspecified atom stereocenters. The second-order valence-corrected chi connectivity index (χ2v) is 7.62. The van der Waals surface area contributed by atoms with Crippen LogP contribution in [-0.4, -0.2) is 29.3 Å². The molecule has 160 valence electrons. The second-order valence-electron chi connectivity index (χ2n) is 7.21. The summed E-state index contributed by atoms with van der Waals surface area (Å²) in [5, 5.41) is 14.5. The molecule has 1 N–H and O–H groups in total. The zero-order valence-corrected chi connectivity index (χ0v) is 18.5. The molecule has 4 aromatic rings. The van der Waals surface area contributed by atoms with Crippen molar-refractivity contribution in [1.82, 2.24) is 15.2 Å². The third-order valence-electron chi connectivity index (χ3n) is 5.04. The summed E-state index contributed by atoms with van der Waals surface area (Å²) in [5.41, 5.74) is 2.45. The molecule has 0 atom stereocenters. The van der Waals surface area contributed by atoms with E-state index in [-0.39, 0.29) is 0 Å². The highest BCUT2D eigenvalue weighted by Gasteiger charge is 2.14. The van der Waals surface area contributed by atoms with Gasteiger partial charge in [0.15, 0.2) is 17.3 Å². The van der Waals surface area contributed by atoms with Gasteiger partial charge in [0, 0.05) is 30.6 Å². The van der Waals surface area contributed by atoms with Crippen molar-refractivity contribution in [2.24, 2.45) is 0 Å². The number of pyridine rings is 1. The summed E-state index contributed by atoms with van der Waals surface area (Å²) in [6.45, 7) is 8.49. The standard InChI is InChI=1S/C24H21ClN6O/c1-26-17-8-9-19-20(13-17)23(28-14-16-7-10-22(32-3)21(25)12-16)29-30-24(19)31(2)15-18-6-4-5-11-27-18/h4-13H,14-15H2,2-3H3,(H,28,29). The van der Waals surface area contributed by atoms with Gasteiger partial charge >= 0.3 is 0 Å². The lowest BCUT2D eigenvalue weighted by molar-refractivity contribution is 0.415. The third kappa shape index (κ3) is 4.56. The average Bonchev–Trinajstić information content (AvgIpc) is 2.82. The smallest absolute Gasteiger partial charge is 0.188 e. The van der Waals surface area contributed by atoms with Gasteiger partial charge in [-0.1, -0.05) is 35.9 Å². The number of halogens is 1. The van der Waals surface area contributed by atoms with Crippen molar-refractivity contribution in [2.75, 3.05) is 24.4 Å². The number of fused-ring (bicyclic) bond motifs is 1. The van der Waals surface area contributed by atoms with Gasteiger partial charge < -0.3 is 15.0 Å². The van der Waals surface area contributed by atoms with Crippen molar-refractivity contribution in [3.05, 3.63) is 88.5 Å². The van der Waals surface area contributed by atoms with Crippen LogP contribution >= 0.6 is 11.6 Å². The number of methoxy groups -OCH3 is 1. The zero-order valence-electron chi connectivity index (χ0n) is 17.7. The number of hydrogen-bond acceptors (Lipinski definition) is 6. The van der Waals surface area contributed by atoms with Gasteiger partial charge in [0.25, 0.3) is 0 Å². The number of nitrogens with zero attached hydrogens (tertiary/aromatic N) is 5. The molecule has 0 amide bonds. The minimum atomic E-state index is 0.499. The molecular formula is C24H21ClN6O. The van der Waals surface area contributed by atoms with E-state index in [1.807, 2.05) is 60.5 Å². The van der Waals surface area contributed by atoms with E-state index in [0.717, 1.165) is 27.8 Å². The predicted octanol–water partition coefficient (Wildman–Crippen LogP) is 5.49. The fourth-order valence-corrected chi connectivity index (χ4v) is 3.71. The summed E-state index contributed by atoms with van der Waals surface area (Å²) >= 11 is 6.24. The van der Waals surface area contributed by atoms with Gasteiger partial charge in [-0.05, 0) is 35.9 Å². The van der Waals surface area contributed by atoms with E-state index in [4.69, 9.17) is 22.9 Å². The van der Waals surface area contributed by atoms with E-state index in [0.29, 0.717) is 35.4 Å². The van der Waals surface area contributed by atoms with Crippen molar-refractivity contribution >= 4 is 39.7 Å². The number of rotatable bonds is 7. The molecule has 0 aliphatic carbocycles. The maximum atomic E-state index is 7.40. The highest BCUT2D eigenvalue weighted by molar-refractivity contribution is 6.32. The Morgan fingerprint density at radius 2 is 1.97 bits per heavy atom. The third-order valence-corrected chi connectivity index (χ3v) is 5.33. The Morgan fingerprint density at radius 1 is 1.09 bits per heavy atom. The van der Waals surface area contributed by atoms with Crippen LogP contribution in [0.3, 0.4) is 0 Å². The van der Waals surface area contributed by atoms with Crippen molar-refractivity contribution in [3.8, 4) is 5.75 Å². The van der Waals surface area contributed by atoms with E-state index in [1.165, 1.54) is 0 Å². The van der Waals surface area contributed by atoms with Crippen molar-refractivity contribution < 1.29 is 4.74 Å². The minimum Gasteiger partial charge on any atom is -0.495 e. The maximum Gasteiger partial charge on any atom is 0.188 e. The molecular weight excluding hydrogens is 424 g/mol. The molecule has 0 radical (unpaired) electrons. The summed E-state index contributed by atoms with van der Waals surface area (Å²) in [6.07, 6.45) is 1.77. The largest absolute Gasteiger partial charge is 0.495 e. The molecule has 4 rings (SSSR count). The van der Waals surface area contributed by atoms with Gasteiger partial charge in [0.2, 0.25) is 0 Å². The molecule has 32 heavy (non-hydrogen) atoms. The average molecular weight is 445 g/mol. The van der Waals surface area contributed by atoms with Crippen molar-refractivity contribution in [2.45, 2.75) is 13.1 Å². The number of anilines is 2. The summed E-state index contributed by atoms with van der Waals surface area (Å²) in [6, 6.07) is 17.0. The zero-order chi connectivity index (χ0) is 22.5. The van der Waals surface area contributed by atoms with Crippen LogP contribution in [0.25, 0.3) is 15.6 Å². The number of hydrogen-bond donors (Lipinski definition) is 1. The van der Waals surface area contributed by atoms with Crippen molar-refractivity contribution in [3.63, 3.8) is 0 Å². The fourth-order valence-electron chi connectivity index (χ4n) is 3.43. The minimum absolute atomic E-state index is 0.499. The van der Waals surface area contributed by atoms with E-state index in [1.54, 1.807) is 19.4 Å². The number of ether oxygens (including phenoxy) is 1. The van der Waals surface area contributed by atoms with E-state index >= 15 is 0 Å². The fraction of sp³-hybridized carbons (Fsp3) is 0.167. The highest BCUT2D eigenvalue weighted by Crippen LogP contribution is 2.32. The topological polar surface area (TPSA) is 67.5 Å². The molecule has 0 bridgehead atoms. The SMILES string of the molecule is [C-]#[N+]c1ccc2c(N(C)Cc3ccccn3)nnc(NCc3ccc(OC)c(Cl)c3)c2c1. The number of benzene rings is 2. The summed E-state index contributed by atoms with van der Waals surface area (Å²) in [5.74, 6) is 1.95.